The Morgan fingerprint density at radius 1 is 0.938 bits per heavy atom. The molecule has 4 rings (SSSR count). The number of carbonyl (C=O) groups excluding carboxylic acids is 2. The van der Waals surface area contributed by atoms with Crippen LogP contribution >= 0.6 is 0 Å². The molecule has 1 aliphatic heterocycles. The smallest absolute Gasteiger partial charge is 0.265 e. The summed E-state index contributed by atoms with van der Waals surface area (Å²) in [5, 5.41) is 2.97. The lowest BCUT2D eigenvalue weighted by Gasteiger charge is -2.23. The Morgan fingerprint density at radius 2 is 1.66 bits per heavy atom. The van der Waals surface area contributed by atoms with Crippen molar-refractivity contribution in [1.29, 1.82) is 0 Å². The number of fused-ring (bicyclic) bond motifs is 1. The minimum atomic E-state index is -0.613. The van der Waals surface area contributed by atoms with Crippen LogP contribution in [0.3, 0.4) is 0 Å². The van der Waals surface area contributed by atoms with Crippen LogP contribution in [0.5, 0.6) is 5.75 Å². The minimum Gasteiger partial charge on any atom is -0.481 e. The van der Waals surface area contributed by atoms with Crippen LogP contribution in [0.4, 0.5) is 5.69 Å². The van der Waals surface area contributed by atoms with Gasteiger partial charge in [0.15, 0.2) is 6.10 Å². The van der Waals surface area contributed by atoms with E-state index in [-0.39, 0.29) is 11.8 Å². The number of likely N-dealkylation sites (tertiary alicyclic amines) is 1. The van der Waals surface area contributed by atoms with Crippen LogP contribution in [-0.2, 0) is 17.6 Å². The SMILES string of the molecule is CC[C@H](Oc1ccc2c(c1)CCCC2)C(=O)Nc1ccccc1C(=O)N1CCCCCC1. The monoisotopic (exact) mass is 434 g/mol. The molecule has 1 aliphatic carbocycles. The van der Waals surface area contributed by atoms with Gasteiger partial charge >= 0.3 is 0 Å². The molecule has 0 bridgehead atoms. The van der Waals surface area contributed by atoms with Crippen molar-refractivity contribution in [2.45, 2.75) is 70.8 Å². The second kappa shape index (κ2) is 10.7. The first-order valence-electron chi connectivity index (χ1n) is 12.1. The van der Waals surface area contributed by atoms with E-state index in [1.54, 1.807) is 12.1 Å². The van der Waals surface area contributed by atoms with E-state index >= 15 is 0 Å². The van der Waals surface area contributed by atoms with Gasteiger partial charge in [0, 0.05) is 13.1 Å². The van der Waals surface area contributed by atoms with E-state index < -0.39 is 6.10 Å². The minimum absolute atomic E-state index is 0.00791. The van der Waals surface area contributed by atoms with Crippen molar-refractivity contribution in [2.24, 2.45) is 0 Å². The van der Waals surface area contributed by atoms with Gasteiger partial charge in [-0.3, -0.25) is 9.59 Å². The van der Waals surface area contributed by atoms with Crippen LogP contribution in [-0.4, -0.2) is 35.9 Å². The number of hydrogen-bond acceptors (Lipinski definition) is 3. The number of ether oxygens (including phenoxy) is 1. The van der Waals surface area contributed by atoms with Gasteiger partial charge in [-0.2, -0.15) is 0 Å². The molecule has 0 radical (unpaired) electrons. The van der Waals surface area contributed by atoms with Gasteiger partial charge < -0.3 is 15.0 Å². The Hall–Kier alpha value is -2.82. The standard InChI is InChI=1S/C27H34N2O3/c1-2-25(32-22-16-15-20-11-5-6-12-21(20)19-22)26(30)28-24-14-8-7-13-23(24)27(31)29-17-9-3-4-10-18-29/h7-8,13-16,19,25H,2-6,9-12,17-18H2,1H3,(H,28,30)/t25-/m0/s1. The Balaban J connectivity index is 1.46. The highest BCUT2D eigenvalue weighted by Gasteiger charge is 2.24. The summed E-state index contributed by atoms with van der Waals surface area (Å²) in [6.45, 7) is 3.50. The maximum atomic E-state index is 13.2. The van der Waals surface area contributed by atoms with Crippen LogP contribution in [0, 0.1) is 0 Å². The zero-order chi connectivity index (χ0) is 22.3. The van der Waals surface area contributed by atoms with Gasteiger partial charge in [-0.15, -0.1) is 0 Å². The number of carbonyl (C=O) groups is 2. The van der Waals surface area contributed by atoms with Gasteiger partial charge in [0.1, 0.15) is 5.75 Å². The molecule has 1 saturated heterocycles. The molecule has 0 spiro atoms. The Labute approximate surface area is 191 Å². The first-order chi connectivity index (χ1) is 15.7. The van der Waals surface area contributed by atoms with Gasteiger partial charge in [-0.1, -0.05) is 38.0 Å². The van der Waals surface area contributed by atoms with Crippen LogP contribution < -0.4 is 10.1 Å². The lowest BCUT2D eigenvalue weighted by Crippen LogP contribution is -2.35. The fraction of sp³-hybridized carbons (Fsp3) is 0.481. The number of hydrogen-bond donors (Lipinski definition) is 1. The van der Waals surface area contributed by atoms with E-state index in [0.717, 1.165) is 44.5 Å². The Morgan fingerprint density at radius 3 is 2.41 bits per heavy atom. The molecule has 1 atom stereocenters. The van der Waals surface area contributed by atoms with Gasteiger partial charge in [0.05, 0.1) is 11.3 Å². The zero-order valence-electron chi connectivity index (χ0n) is 19.1. The topological polar surface area (TPSA) is 58.6 Å². The maximum Gasteiger partial charge on any atom is 0.265 e. The van der Waals surface area contributed by atoms with E-state index in [4.69, 9.17) is 4.74 Å². The first kappa shape index (κ1) is 22.4. The third-order valence-electron chi connectivity index (χ3n) is 6.57. The molecule has 2 aliphatic rings. The molecule has 5 heteroatoms. The van der Waals surface area contributed by atoms with Crippen molar-refractivity contribution in [2.75, 3.05) is 18.4 Å². The molecule has 2 aromatic rings. The second-order valence-corrected chi connectivity index (χ2v) is 8.89. The number of anilines is 1. The normalized spacial score (nSPS) is 17.1. The van der Waals surface area contributed by atoms with E-state index in [1.807, 2.05) is 30.0 Å². The molecule has 32 heavy (non-hydrogen) atoms. The molecule has 0 unspecified atom stereocenters. The van der Waals surface area contributed by atoms with E-state index in [2.05, 4.69) is 17.4 Å². The predicted molar refractivity (Wildman–Crippen MR) is 127 cm³/mol. The van der Waals surface area contributed by atoms with Gasteiger partial charge in [-0.05, 0) is 80.3 Å². The number of nitrogens with one attached hydrogen (secondary N) is 1. The van der Waals surface area contributed by atoms with E-state index in [1.165, 1.54) is 36.8 Å². The Kier molecular flexibility index (Phi) is 7.46. The lowest BCUT2D eigenvalue weighted by molar-refractivity contribution is -0.122. The van der Waals surface area contributed by atoms with Crippen molar-refractivity contribution >= 4 is 17.5 Å². The van der Waals surface area contributed by atoms with Gasteiger partial charge in [0.25, 0.3) is 11.8 Å². The predicted octanol–water partition coefficient (Wildman–Crippen LogP) is 5.38. The molecule has 0 saturated carbocycles. The summed E-state index contributed by atoms with van der Waals surface area (Å²) in [6.07, 6.45) is 8.97. The average Bonchev–Trinajstić information content (AvgIpc) is 3.12. The lowest BCUT2D eigenvalue weighted by atomic mass is 9.92. The third-order valence-corrected chi connectivity index (χ3v) is 6.57. The van der Waals surface area contributed by atoms with Crippen LogP contribution in [0.15, 0.2) is 42.5 Å². The fourth-order valence-corrected chi connectivity index (χ4v) is 4.71. The number of nitrogens with zero attached hydrogens (tertiary/aromatic N) is 1. The number of aryl methyl sites for hydroxylation is 2. The summed E-state index contributed by atoms with van der Waals surface area (Å²) in [4.78, 5) is 28.2. The maximum absolute atomic E-state index is 13.2. The van der Waals surface area contributed by atoms with Crippen LogP contribution in [0.1, 0.15) is 73.4 Å². The molecule has 0 aromatic heterocycles. The summed E-state index contributed by atoms with van der Waals surface area (Å²) < 4.78 is 6.09. The molecule has 1 fully saturated rings. The molecule has 2 aromatic carbocycles. The summed E-state index contributed by atoms with van der Waals surface area (Å²) in [5.74, 6) is 0.509. The molecule has 170 valence electrons. The second-order valence-electron chi connectivity index (χ2n) is 8.89. The molecule has 2 amide bonds. The van der Waals surface area contributed by atoms with Crippen LogP contribution in [0.2, 0.25) is 0 Å². The van der Waals surface area contributed by atoms with Crippen molar-refractivity contribution < 1.29 is 14.3 Å². The quantitative estimate of drug-likeness (QED) is 0.664. The van der Waals surface area contributed by atoms with Crippen molar-refractivity contribution in [3.63, 3.8) is 0 Å². The van der Waals surface area contributed by atoms with Crippen molar-refractivity contribution in [1.82, 2.24) is 4.90 Å². The largest absolute Gasteiger partial charge is 0.481 e. The molecule has 1 heterocycles. The highest BCUT2D eigenvalue weighted by Crippen LogP contribution is 2.27. The Bertz CT molecular complexity index is 948. The number of benzene rings is 2. The number of para-hydroxylation sites is 1. The van der Waals surface area contributed by atoms with Crippen molar-refractivity contribution in [3.05, 3.63) is 59.2 Å². The summed E-state index contributed by atoms with van der Waals surface area (Å²) in [6, 6.07) is 13.5. The van der Waals surface area contributed by atoms with E-state index in [9.17, 15) is 9.59 Å². The third kappa shape index (κ3) is 5.32. The van der Waals surface area contributed by atoms with Crippen molar-refractivity contribution in [3.8, 4) is 5.75 Å². The summed E-state index contributed by atoms with van der Waals surface area (Å²) in [5.41, 5.74) is 3.82. The molecular weight excluding hydrogens is 400 g/mol. The summed E-state index contributed by atoms with van der Waals surface area (Å²) >= 11 is 0. The average molecular weight is 435 g/mol. The van der Waals surface area contributed by atoms with Gasteiger partial charge in [0.2, 0.25) is 0 Å². The number of rotatable bonds is 6. The summed E-state index contributed by atoms with van der Waals surface area (Å²) in [7, 11) is 0. The first-order valence-corrected chi connectivity index (χ1v) is 12.1. The van der Waals surface area contributed by atoms with Crippen LogP contribution in [0.25, 0.3) is 0 Å². The van der Waals surface area contributed by atoms with E-state index in [0.29, 0.717) is 17.7 Å². The molecule has 1 N–H and O–H groups in total. The molecule has 5 nitrogen and oxygen atoms in total. The highest BCUT2D eigenvalue weighted by atomic mass is 16.5. The zero-order valence-corrected chi connectivity index (χ0v) is 19.1. The number of amides is 2. The fourth-order valence-electron chi connectivity index (χ4n) is 4.71. The molecular formula is C27H34N2O3. The van der Waals surface area contributed by atoms with Gasteiger partial charge in [-0.25, -0.2) is 0 Å². The highest BCUT2D eigenvalue weighted by molar-refractivity contribution is 6.04.